The Labute approximate surface area is 231 Å². The second-order valence-electron chi connectivity index (χ2n) is 11.0. The normalized spacial score (nSPS) is 27.2. The third-order valence-corrected chi connectivity index (χ3v) is 8.76. The van der Waals surface area contributed by atoms with E-state index < -0.39 is 12.6 Å². The molecule has 7 nitrogen and oxygen atoms in total. The molecule has 3 aromatic carbocycles. The van der Waals surface area contributed by atoms with E-state index in [9.17, 15) is 19.2 Å². The molecule has 3 fully saturated rings. The quantitative estimate of drug-likeness (QED) is 0.178. The number of carbonyl (C=O) groups is 4. The van der Waals surface area contributed by atoms with Gasteiger partial charge in [0.05, 0.1) is 23.1 Å². The molecule has 0 unspecified atom stereocenters. The van der Waals surface area contributed by atoms with Crippen LogP contribution in [0, 0.1) is 35.5 Å². The molecular weight excluding hydrogens is 506 g/mol. The minimum atomic E-state index is -0.697. The van der Waals surface area contributed by atoms with E-state index in [2.05, 4.69) is 12.2 Å². The van der Waals surface area contributed by atoms with E-state index in [0.717, 1.165) is 12.0 Å². The molecule has 0 N–H and O–H groups in total. The van der Waals surface area contributed by atoms with Crippen LogP contribution in [0.3, 0.4) is 0 Å². The maximum Gasteiger partial charge on any atom is 0.338 e. The molecule has 0 spiro atoms. The highest BCUT2D eigenvalue weighted by Crippen LogP contribution is 2.65. The molecule has 7 heteroatoms. The predicted octanol–water partition coefficient (Wildman–Crippen LogP) is 4.86. The fourth-order valence-corrected chi connectivity index (χ4v) is 6.76. The first-order valence-corrected chi connectivity index (χ1v) is 13.6. The van der Waals surface area contributed by atoms with E-state index in [4.69, 9.17) is 9.47 Å². The van der Waals surface area contributed by atoms with Gasteiger partial charge in [-0.15, -0.1) is 0 Å². The smallest absolute Gasteiger partial charge is 0.338 e. The number of imide groups is 1. The van der Waals surface area contributed by atoms with Crippen molar-refractivity contribution in [3.63, 3.8) is 0 Å². The van der Waals surface area contributed by atoms with Crippen molar-refractivity contribution in [2.75, 3.05) is 11.5 Å². The number of anilines is 1. The molecule has 1 saturated heterocycles. The van der Waals surface area contributed by atoms with Crippen LogP contribution in [0.4, 0.5) is 5.69 Å². The lowest BCUT2D eigenvalue weighted by Crippen LogP contribution is -2.40. The summed E-state index contributed by atoms with van der Waals surface area (Å²) in [6.45, 7) is -0.0172. The highest BCUT2D eigenvalue weighted by molar-refractivity contribution is 6.23. The summed E-state index contributed by atoms with van der Waals surface area (Å²) in [5.74, 6) is -0.116. The Balaban J connectivity index is 0.979. The zero-order valence-electron chi connectivity index (χ0n) is 21.6. The summed E-state index contributed by atoms with van der Waals surface area (Å²) in [6.07, 6.45) is 5.36. The molecule has 40 heavy (non-hydrogen) atoms. The lowest BCUT2D eigenvalue weighted by atomic mass is 9.63. The maximum atomic E-state index is 13.4. The molecule has 1 heterocycles. The van der Waals surface area contributed by atoms with Crippen LogP contribution >= 0.6 is 0 Å². The van der Waals surface area contributed by atoms with Crippen molar-refractivity contribution in [3.05, 3.63) is 108 Å². The van der Waals surface area contributed by atoms with Gasteiger partial charge in [0.1, 0.15) is 12.4 Å². The van der Waals surface area contributed by atoms with Gasteiger partial charge in [-0.2, -0.15) is 0 Å². The van der Waals surface area contributed by atoms with Gasteiger partial charge in [-0.05, 0) is 78.1 Å². The second kappa shape index (κ2) is 9.59. The second-order valence-corrected chi connectivity index (χ2v) is 11.0. The van der Waals surface area contributed by atoms with E-state index in [1.54, 1.807) is 42.5 Å². The predicted molar refractivity (Wildman–Crippen MR) is 145 cm³/mol. The van der Waals surface area contributed by atoms with Crippen molar-refractivity contribution in [2.45, 2.75) is 13.0 Å². The first-order valence-electron chi connectivity index (χ1n) is 13.6. The molecule has 5 aliphatic rings. The summed E-state index contributed by atoms with van der Waals surface area (Å²) in [5.41, 5.74) is 1.97. The topological polar surface area (TPSA) is 90.0 Å². The van der Waals surface area contributed by atoms with Crippen molar-refractivity contribution in [3.8, 4) is 5.75 Å². The average molecular weight is 534 g/mol. The Morgan fingerprint density at radius 3 is 2.12 bits per heavy atom. The summed E-state index contributed by atoms with van der Waals surface area (Å²) in [4.78, 5) is 53.5. The summed E-state index contributed by atoms with van der Waals surface area (Å²) >= 11 is 0. The van der Waals surface area contributed by atoms with Gasteiger partial charge in [-0.25, -0.2) is 9.69 Å². The third-order valence-electron chi connectivity index (χ3n) is 8.76. The van der Waals surface area contributed by atoms with Gasteiger partial charge in [-0.3, -0.25) is 14.4 Å². The number of Topliss-reactive ketones (excluding diaryl/α,β-unsaturated/α-hetero) is 1. The third kappa shape index (κ3) is 4.13. The highest BCUT2D eigenvalue weighted by atomic mass is 16.5. The monoisotopic (exact) mass is 533 g/mol. The van der Waals surface area contributed by atoms with E-state index >= 15 is 0 Å². The first-order chi connectivity index (χ1) is 19.5. The van der Waals surface area contributed by atoms with Gasteiger partial charge in [0, 0.05) is 5.56 Å². The molecule has 2 bridgehead atoms. The van der Waals surface area contributed by atoms with Gasteiger partial charge in [0.2, 0.25) is 11.8 Å². The van der Waals surface area contributed by atoms with Crippen molar-refractivity contribution < 1.29 is 28.7 Å². The zero-order valence-corrected chi connectivity index (χ0v) is 21.6. The maximum absolute atomic E-state index is 13.4. The van der Waals surface area contributed by atoms with Crippen LogP contribution in [0.15, 0.2) is 91.0 Å². The van der Waals surface area contributed by atoms with Crippen LogP contribution in [-0.2, 0) is 20.9 Å². The molecule has 6 atom stereocenters. The van der Waals surface area contributed by atoms with Crippen molar-refractivity contribution in [1.29, 1.82) is 0 Å². The van der Waals surface area contributed by atoms with E-state index in [0.29, 0.717) is 35.4 Å². The number of hydrogen-bond acceptors (Lipinski definition) is 6. The van der Waals surface area contributed by atoms with Crippen molar-refractivity contribution >= 4 is 29.3 Å². The molecular formula is C33H27NO6. The number of ether oxygens (including phenoxy) is 2. The van der Waals surface area contributed by atoms with Gasteiger partial charge >= 0.3 is 5.97 Å². The number of allylic oxidation sites excluding steroid dienone is 2. The van der Waals surface area contributed by atoms with Crippen LogP contribution in [0.25, 0.3) is 0 Å². The largest absolute Gasteiger partial charge is 0.489 e. The number of carbonyl (C=O) groups excluding carboxylic acids is 4. The average Bonchev–Trinajstić information content (AvgIpc) is 3.78. The SMILES string of the molecule is O=C(COC(=O)c1cccc(N2C(=O)[C@@H]3[C@H]4C=C[C@@H]([C@@H]5C[C@@H]45)[C@H]3C2=O)c1)c1ccc(OCc2ccccc2)cc1. The minimum absolute atomic E-state index is 0.130. The number of ketones is 1. The number of hydrogen-bond donors (Lipinski definition) is 0. The Morgan fingerprint density at radius 2 is 1.45 bits per heavy atom. The molecule has 3 aromatic rings. The van der Waals surface area contributed by atoms with E-state index in [1.165, 1.54) is 11.0 Å². The lowest BCUT2D eigenvalue weighted by Gasteiger charge is -2.37. The number of amides is 2. The Morgan fingerprint density at radius 1 is 0.775 bits per heavy atom. The van der Waals surface area contributed by atoms with Crippen LogP contribution in [-0.4, -0.2) is 30.2 Å². The van der Waals surface area contributed by atoms with E-state index in [1.807, 2.05) is 30.3 Å². The fraction of sp³-hybridized carbons (Fsp3) is 0.273. The van der Waals surface area contributed by atoms with E-state index in [-0.39, 0.29) is 46.8 Å². The van der Waals surface area contributed by atoms with Gasteiger partial charge in [0.25, 0.3) is 0 Å². The van der Waals surface area contributed by atoms with Crippen LogP contribution in [0.2, 0.25) is 0 Å². The molecule has 200 valence electrons. The zero-order chi connectivity index (χ0) is 27.4. The number of benzene rings is 3. The Hall–Kier alpha value is -4.52. The van der Waals surface area contributed by atoms with Crippen LogP contribution in [0.1, 0.15) is 32.7 Å². The molecule has 1 aliphatic heterocycles. The highest BCUT2D eigenvalue weighted by Gasteiger charge is 2.67. The summed E-state index contributed by atoms with van der Waals surface area (Å²) in [7, 11) is 0. The summed E-state index contributed by atoms with van der Waals surface area (Å²) in [6, 6.07) is 22.8. The molecule has 2 amide bonds. The standard InChI is InChI=1S/C33H27NO6/c35-28(20-9-11-23(12-10-20)39-17-19-5-2-1-3-6-19)18-40-33(38)21-7-4-8-22(15-21)34-31(36)29-24-13-14-25(27-16-26(24)27)30(29)32(34)37/h1-15,24-27,29-30H,16-18H2/t24-,25-,26-,27-,29+,30+/m0/s1. The van der Waals surface area contributed by atoms with Gasteiger partial charge < -0.3 is 9.47 Å². The molecule has 0 radical (unpaired) electrons. The number of rotatable bonds is 8. The molecule has 8 rings (SSSR count). The Bertz CT molecular complexity index is 1510. The minimum Gasteiger partial charge on any atom is -0.489 e. The van der Waals surface area contributed by atoms with Crippen molar-refractivity contribution in [1.82, 2.24) is 0 Å². The fourth-order valence-electron chi connectivity index (χ4n) is 6.76. The molecule has 0 aromatic heterocycles. The molecule has 2 saturated carbocycles. The van der Waals surface area contributed by atoms with Crippen LogP contribution in [0.5, 0.6) is 5.75 Å². The molecule has 4 aliphatic carbocycles. The Kier molecular flexibility index (Phi) is 5.88. The van der Waals surface area contributed by atoms with Crippen molar-refractivity contribution in [2.24, 2.45) is 35.5 Å². The van der Waals surface area contributed by atoms with Gasteiger partial charge in [0.15, 0.2) is 12.4 Å². The van der Waals surface area contributed by atoms with Crippen LogP contribution < -0.4 is 9.64 Å². The lowest BCUT2D eigenvalue weighted by molar-refractivity contribution is -0.124. The summed E-state index contributed by atoms with van der Waals surface area (Å²) in [5, 5.41) is 0. The number of nitrogens with zero attached hydrogens (tertiary/aromatic N) is 1. The number of esters is 1. The van der Waals surface area contributed by atoms with Gasteiger partial charge in [-0.1, -0.05) is 48.6 Å². The summed E-state index contributed by atoms with van der Waals surface area (Å²) < 4.78 is 11.0. The first kappa shape index (κ1) is 24.5.